The van der Waals surface area contributed by atoms with Gasteiger partial charge in [0.25, 0.3) is 0 Å². The largest absolute Gasteiger partial charge is 0.426 e. The number of rotatable bonds is 3. The zero-order valence-corrected chi connectivity index (χ0v) is 13.0. The Morgan fingerprint density at radius 3 is 2.65 bits per heavy atom. The summed E-state index contributed by atoms with van der Waals surface area (Å²) in [4.78, 5) is 23.1. The van der Waals surface area contributed by atoms with E-state index < -0.39 is 0 Å². The van der Waals surface area contributed by atoms with Gasteiger partial charge in [-0.05, 0) is 36.2 Å². The van der Waals surface area contributed by atoms with Crippen molar-refractivity contribution in [3.63, 3.8) is 0 Å². The lowest BCUT2D eigenvalue weighted by atomic mass is 10.0. The van der Waals surface area contributed by atoms with Crippen molar-refractivity contribution in [2.75, 3.05) is 0 Å². The molecule has 3 rings (SSSR count). The topological polar surface area (TPSA) is 56.5 Å². The maximum atomic E-state index is 12.1. The van der Waals surface area contributed by atoms with Crippen LogP contribution in [0.15, 0.2) is 57.7 Å². The minimum absolute atomic E-state index is 0.328. The average Bonchev–Trinajstić information content (AvgIpc) is 2.50. The number of hydrogen-bond acceptors (Lipinski definition) is 4. The molecule has 3 aromatic rings. The third-order valence-electron chi connectivity index (χ3n) is 3.60. The van der Waals surface area contributed by atoms with Gasteiger partial charge in [0.1, 0.15) is 11.3 Å². The molecule has 0 aliphatic carbocycles. The molecule has 0 N–H and O–H groups in total. The molecule has 0 aliphatic rings. The quantitative estimate of drug-likeness (QED) is 0.421. The Balaban J connectivity index is 1.93. The highest BCUT2D eigenvalue weighted by atomic mass is 16.5. The molecule has 0 aliphatic heterocycles. The Morgan fingerprint density at radius 2 is 1.91 bits per heavy atom. The number of carbonyl (C=O) groups excluding carboxylic acids is 1. The van der Waals surface area contributed by atoms with Crippen LogP contribution in [0.1, 0.15) is 23.6 Å². The van der Waals surface area contributed by atoms with Crippen LogP contribution in [-0.4, -0.2) is 5.97 Å². The first kappa shape index (κ1) is 15.0. The Kier molecular flexibility index (Phi) is 3.98. The van der Waals surface area contributed by atoms with Crippen LogP contribution in [0.3, 0.4) is 0 Å². The van der Waals surface area contributed by atoms with Crippen molar-refractivity contribution in [3.8, 4) is 5.75 Å². The molecule has 0 unspecified atom stereocenters. The Labute approximate surface area is 133 Å². The molecule has 0 amide bonds. The van der Waals surface area contributed by atoms with E-state index in [0.717, 1.165) is 16.5 Å². The van der Waals surface area contributed by atoms with Gasteiger partial charge in [-0.2, -0.15) is 0 Å². The van der Waals surface area contributed by atoms with Gasteiger partial charge in [-0.25, -0.2) is 4.79 Å². The van der Waals surface area contributed by atoms with Gasteiger partial charge in [-0.3, -0.25) is 4.79 Å². The standard InChI is InChI=1S/C19H16O4/c1-12-9-14(7-8-17(12)22-13(2)20)10-16-11-15-5-3-4-6-18(15)23-19(16)21/h3-9,11H,10H2,1-2H3. The summed E-state index contributed by atoms with van der Waals surface area (Å²) in [5, 5.41) is 0.898. The molecule has 0 bridgehead atoms. The highest BCUT2D eigenvalue weighted by molar-refractivity contribution is 5.76. The number of aryl methyl sites for hydroxylation is 1. The Bertz CT molecular complexity index is 937. The molecule has 23 heavy (non-hydrogen) atoms. The number of hydrogen-bond donors (Lipinski definition) is 0. The zero-order chi connectivity index (χ0) is 16.4. The van der Waals surface area contributed by atoms with Gasteiger partial charge in [0.2, 0.25) is 0 Å². The van der Waals surface area contributed by atoms with Crippen molar-refractivity contribution < 1.29 is 13.9 Å². The fourth-order valence-corrected chi connectivity index (χ4v) is 2.54. The molecule has 0 atom stereocenters. The van der Waals surface area contributed by atoms with Crippen LogP contribution in [0.4, 0.5) is 0 Å². The summed E-state index contributed by atoms with van der Waals surface area (Å²) in [7, 11) is 0. The lowest BCUT2D eigenvalue weighted by molar-refractivity contribution is -0.131. The monoisotopic (exact) mass is 308 g/mol. The number of ether oxygens (including phenoxy) is 1. The molecule has 0 spiro atoms. The summed E-state index contributed by atoms with van der Waals surface area (Å²) in [5.41, 5.74) is 2.67. The lowest BCUT2D eigenvalue weighted by Crippen LogP contribution is -2.08. The SMILES string of the molecule is CC(=O)Oc1ccc(Cc2cc3ccccc3oc2=O)cc1C. The zero-order valence-electron chi connectivity index (χ0n) is 13.0. The van der Waals surface area contributed by atoms with E-state index in [0.29, 0.717) is 23.3 Å². The molecule has 1 aromatic heterocycles. The second kappa shape index (κ2) is 6.08. The first-order chi connectivity index (χ1) is 11.0. The van der Waals surface area contributed by atoms with E-state index in [2.05, 4.69) is 0 Å². The van der Waals surface area contributed by atoms with Gasteiger partial charge in [0, 0.05) is 24.3 Å². The van der Waals surface area contributed by atoms with E-state index in [1.54, 1.807) is 12.1 Å². The van der Waals surface area contributed by atoms with Crippen molar-refractivity contribution in [3.05, 3.63) is 75.6 Å². The second-order valence-corrected chi connectivity index (χ2v) is 5.47. The molecule has 0 saturated carbocycles. The van der Waals surface area contributed by atoms with Crippen LogP contribution in [0, 0.1) is 6.92 Å². The summed E-state index contributed by atoms with van der Waals surface area (Å²) in [5.74, 6) is 0.183. The minimum Gasteiger partial charge on any atom is -0.426 e. The van der Waals surface area contributed by atoms with E-state index in [4.69, 9.17) is 9.15 Å². The average molecular weight is 308 g/mol. The highest BCUT2D eigenvalue weighted by Crippen LogP contribution is 2.21. The molecule has 2 aromatic carbocycles. The predicted octanol–water partition coefficient (Wildman–Crippen LogP) is 3.62. The summed E-state index contributed by atoms with van der Waals surface area (Å²) in [6.07, 6.45) is 0.467. The summed E-state index contributed by atoms with van der Waals surface area (Å²) >= 11 is 0. The van der Waals surface area contributed by atoms with E-state index in [1.807, 2.05) is 43.3 Å². The number of fused-ring (bicyclic) bond motifs is 1. The van der Waals surface area contributed by atoms with Crippen LogP contribution < -0.4 is 10.4 Å². The van der Waals surface area contributed by atoms with Crippen molar-refractivity contribution in [2.24, 2.45) is 0 Å². The molecular formula is C19H16O4. The van der Waals surface area contributed by atoms with Crippen LogP contribution in [0.25, 0.3) is 11.0 Å². The van der Waals surface area contributed by atoms with Gasteiger partial charge >= 0.3 is 11.6 Å². The van der Waals surface area contributed by atoms with Gasteiger partial charge in [-0.15, -0.1) is 0 Å². The Hall–Kier alpha value is -2.88. The molecule has 1 heterocycles. The van der Waals surface area contributed by atoms with Crippen molar-refractivity contribution >= 4 is 16.9 Å². The summed E-state index contributed by atoms with van der Waals surface area (Å²) < 4.78 is 10.5. The van der Waals surface area contributed by atoms with Crippen LogP contribution in [-0.2, 0) is 11.2 Å². The molecule has 0 radical (unpaired) electrons. The maximum Gasteiger partial charge on any atom is 0.339 e. The molecular weight excluding hydrogens is 292 g/mol. The number of para-hydroxylation sites is 1. The molecule has 4 heteroatoms. The number of carbonyl (C=O) groups is 1. The molecule has 0 saturated heterocycles. The Morgan fingerprint density at radius 1 is 1.13 bits per heavy atom. The number of esters is 1. The van der Waals surface area contributed by atoms with Crippen LogP contribution in [0.2, 0.25) is 0 Å². The van der Waals surface area contributed by atoms with E-state index in [1.165, 1.54) is 6.92 Å². The van der Waals surface area contributed by atoms with Crippen molar-refractivity contribution in [1.29, 1.82) is 0 Å². The van der Waals surface area contributed by atoms with Crippen molar-refractivity contribution in [1.82, 2.24) is 0 Å². The van der Waals surface area contributed by atoms with E-state index in [9.17, 15) is 9.59 Å². The molecule has 116 valence electrons. The fraction of sp³-hybridized carbons (Fsp3) is 0.158. The summed E-state index contributed by atoms with van der Waals surface area (Å²) in [6, 6.07) is 14.8. The summed E-state index contributed by atoms with van der Waals surface area (Å²) in [6.45, 7) is 3.23. The smallest absolute Gasteiger partial charge is 0.339 e. The lowest BCUT2D eigenvalue weighted by Gasteiger charge is -2.08. The van der Waals surface area contributed by atoms with Gasteiger partial charge in [-0.1, -0.05) is 30.3 Å². The molecule has 0 fully saturated rings. The molecule has 4 nitrogen and oxygen atoms in total. The van der Waals surface area contributed by atoms with Gasteiger partial charge < -0.3 is 9.15 Å². The first-order valence-corrected chi connectivity index (χ1v) is 7.32. The van der Waals surface area contributed by atoms with E-state index in [-0.39, 0.29) is 11.6 Å². The third-order valence-corrected chi connectivity index (χ3v) is 3.60. The van der Waals surface area contributed by atoms with Crippen LogP contribution in [0.5, 0.6) is 5.75 Å². The van der Waals surface area contributed by atoms with Crippen molar-refractivity contribution in [2.45, 2.75) is 20.3 Å². The minimum atomic E-state index is -0.351. The van der Waals surface area contributed by atoms with Gasteiger partial charge in [0.05, 0.1) is 0 Å². The number of benzene rings is 2. The maximum absolute atomic E-state index is 12.1. The predicted molar refractivity (Wildman–Crippen MR) is 87.8 cm³/mol. The highest BCUT2D eigenvalue weighted by Gasteiger charge is 2.08. The van der Waals surface area contributed by atoms with E-state index >= 15 is 0 Å². The first-order valence-electron chi connectivity index (χ1n) is 7.32. The fourth-order valence-electron chi connectivity index (χ4n) is 2.54. The van der Waals surface area contributed by atoms with Crippen LogP contribution >= 0.6 is 0 Å². The van der Waals surface area contributed by atoms with Gasteiger partial charge in [0.15, 0.2) is 0 Å². The third kappa shape index (κ3) is 3.31. The second-order valence-electron chi connectivity index (χ2n) is 5.47. The normalized spacial score (nSPS) is 10.7.